The Morgan fingerprint density at radius 1 is 1.00 bits per heavy atom. The molecule has 0 saturated carbocycles. The summed E-state index contributed by atoms with van der Waals surface area (Å²) in [6, 6.07) is 18.4. The first-order valence-corrected chi connectivity index (χ1v) is 12.0. The van der Waals surface area contributed by atoms with E-state index in [1.807, 2.05) is 36.1 Å². The van der Waals surface area contributed by atoms with Gasteiger partial charge in [-0.05, 0) is 48.7 Å². The zero-order valence-corrected chi connectivity index (χ0v) is 20.3. The Morgan fingerprint density at radius 3 is 2.50 bits per heavy atom. The van der Waals surface area contributed by atoms with Crippen molar-refractivity contribution in [1.82, 2.24) is 24.6 Å². The van der Waals surface area contributed by atoms with E-state index in [2.05, 4.69) is 47.1 Å². The third-order valence-corrected chi connectivity index (χ3v) is 6.71. The molecule has 0 radical (unpaired) electrons. The fourth-order valence-electron chi connectivity index (χ4n) is 4.64. The Balaban J connectivity index is 1.28. The molecule has 0 unspecified atom stereocenters. The lowest BCUT2D eigenvalue weighted by Gasteiger charge is -2.34. The number of aryl methyl sites for hydroxylation is 2. The second kappa shape index (κ2) is 9.57. The van der Waals surface area contributed by atoms with Gasteiger partial charge in [-0.1, -0.05) is 53.6 Å². The van der Waals surface area contributed by atoms with E-state index >= 15 is 0 Å². The number of aromatic nitrogens is 3. The van der Waals surface area contributed by atoms with Crippen molar-refractivity contribution < 1.29 is 4.79 Å². The van der Waals surface area contributed by atoms with Crippen LogP contribution in [0, 0.1) is 13.8 Å². The number of carbonyl (C=O) groups excluding carboxylic acids is 1. The van der Waals surface area contributed by atoms with Crippen LogP contribution in [0.4, 0.5) is 0 Å². The van der Waals surface area contributed by atoms with E-state index in [1.165, 1.54) is 11.1 Å². The average molecular weight is 474 g/mol. The van der Waals surface area contributed by atoms with Gasteiger partial charge in [0.25, 0.3) is 0 Å². The predicted molar refractivity (Wildman–Crippen MR) is 136 cm³/mol. The van der Waals surface area contributed by atoms with E-state index in [-0.39, 0.29) is 12.5 Å². The number of amides is 1. The molecule has 1 saturated heterocycles. The number of carbonyl (C=O) groups is 1. The fraction of sp³-hybridized carbons (Fsp3) is 0.296. The summed E-state index contributed by atoms with van der Waals surface area (Å²) in [5.74, 6) is 0.0781. The number of nitrogens with zero attached hydrogens (tertiary/aromatic N) is 5. The molecule has 0 spiro atoms. The number of halogens is 1. The van der Waals surface area contributed by atoms with Crippen molar-refractivity contribution >= 4 is 28.5 Å². The zero-order valence-electron chi connectivity index (χ0n) is 19.5. The summed E-state index contributed by atoms with van der Waals surface area (Å²) in [6.07, 6.45) is 1.80. The Labute approximate surface area is 204 Å². The van der Waals surface area contributed by atoms with E-state index in [1.54, 1.807) is 10.9 Å². The van der Waals surface area contributed by atoms with Gasteiger partial charge in [-0.3, -0.25) is 9.69 Å². The molecular weight excluding hydrogens is 446 g/mol. The molecule has 174 valence electrons. The zero-order chi connectivity index (χ0) is 23.7. The molecule has 0 bridgehead atoms. The summed E-state index contributed by atoms with van der Waals surface area (Å²) in [4.78, 5) is 22.0. The Kier molecular flexibility index (Phi) is 6.35. The van der Waals surface area contributed by atoms with Crippen LogP contribution in [-0.2, 0) is 17.9 Å². The molecule has 2 aromatic carbocycles. The molecule has 7 heteroatoms. The van der Waals surface area contributed by atoms with Gasteiger partial charge < -0.3 is 4.90 Å². The molecule has 1 fully saturated rings. The Bertz CT molecular complexity index is 1320. The molecule has 0 atom stereocenters. The van der Waals surface area contributed by atoms with Gasteiger partial charge in [0.15, 0.2) is 5.65 Å². The maximum Gasteiger partial charge on any atom is 0.244 e. The topological polar surface area (TPSA) is 54.3 Å². The first-order chi connectivity index (χ1) is 16.5. The molecule has 2 aromatic heterocycles. The van der Waals surface area contributed by atoms with Crippen LogP contribution in [0.3, 0.4) is 0 Å². The Morgan fingerprint density at radius 2 is 1.76 bits per heavy atom. The second-order valence-corrected chi connectivity index (χ2v) is 9.39. The molecule has 0 aliphatic carbocycles. The highest BCUT2D eigenvalue weighted by Gasteiger charge is 2.23. The SMILES string of the molecule is Cc1ccc(-c2ccnc3c2c(C)nn3CC(=O)N2CCN(Cc3cccc(Cl)c3)CC2)cc1. The lowest BCUT2D eigenvalue weighted by Crippen LogP contribution is -2.49. The predicted octanol–water partition coefficient (Wildman–Crippen LogP) is 4.71. The van der Waals surface area contributed by atoms with E-state index in [4.69, 9.17) is 16.7 Å². The maximum atomic E-state index is 13.1. The van der Waals surface area contributed by atoms with Crippen molar-refractivity contribution in [2.24, 2.45) is 0 Å². The van der Waals surface area contributed by atoms with Crippen molar-refractivity contribution in [1.29, 1.82) is 0 Å². The van der Waals surface area contributed by atoms with Gasteiger partial charge in [-0.25, -0.2) is 9.67 Å². The molecule has 0 N–H and O–H groups in total. The number of hydrogen-bond acceptors (Lipinski definition) is 4. The summed E-state index contributed by atoms with van der Waals surface area (Å²) in [5, 5.41) is 6.45. The second-order valence-electron chi connectivity index (χ2n) is 8.95. The van der Waals surface area contributed by atoms with Crippen molar-refractivity contribution in [3.05, 3.63) is 82.6 Å². The van der Waals surface area contributed by atoms with Crippen LogP contribution in [0.15, 0.2) is 60.8 Å². The van der Waals surface area contributed by atoms with E-state index < -0.39 is 0 Å². The fourth-order valence-corrected chi connectivity index (χ4v) is 4.86. The summed E-state index contributed by atoms with van der Waals surface area (Å²) in [7, 11) is 0. The van der Waals surface area contributed by atoms with Gasteiger partial charge in [-0.15, -0.1) is 0 Å². The lowest BCUT2D eigenvalue weighted by atomic mass is 10.0. The van der Waals surface area contributed by atoms with Gasteiger partial charge in [0.05, 0.1) is 5.69 Å². The summed E-state index contributed by atoms with van der Waals surface area (Å²) in [5.41, 5.74) is 6.28. The molecule has 1 amide bonds. The molecule has 5 rings (SSSR count). The van der Waals surface area contributed by atoms with Gasteiger partial charge >= 0.3 is 0 Å². The van der Waals surface area contributed by atoms with Crippen LogP contribution < -0.4 is 0 Å². The lowest BCUT2D eigenvalue weighted by molar-refractivity contribution is -0.133. The molecule has 1 aliphatic heterocycles. The minimum Gasteiger partial charge on any atom is -0.339 e. The van der Waals surface area contributed by atoms with Crippen LogP contribution in [0.5, 0.6) is 0 Å². The number of hydrogen-bond donors (Lipinski definition) is 0. The standard InChI is InChI=1S/C27H28ClN5O/c1-19-6-8-22(9-7-19)24-10-11-29-27-26(24)20(2)30-33(27)18-25(34)32-14-12-31(13-15-32)17-21-4-3-5-23(28)16-21/h3-11,16H,12-15,17-18H2,1-2H3. The van der Waals surface area contributed by atoms with E-state index in [0.717, 1.165) is 52.5 Å². The van der Waals surface area contributed by atoms with Crippen LogP contribution in [0.1, 0.15) is 16.8 Å². The van der Waals surface area contributed by atoms with Crippen molar-refractivity contribution in [3.8, 4) is 11.1 Å². The highest BCUT2D eigenvalue weighted by atomic mass is 35.5. The van der Waals surface area contributed by atoms with Crippen LogP contribution >= 0.6 is 11.6 Å². The average Bonchev–Trinajstić information content (AvgIpc) is 3.15. The Hall–Kier alpha value is -3.22. The third kappa shape index (κ3) is 4.69. The molecule has 1 aliphatic rings. The largest absolute Gasteiger partial charge is 0.339 e. The van der Waals surface area contributed by atoms with Crippen LogP contribution in [0.2, 0.25) is 5.02 Å². The highest BCUT2D eigenvalue weighted by Crippen LogP contribution is 2.30. The van der Waals surface area contributed by atoms with Crippen molar-refractivity contribution in [2.75, 3.05) is 26.2 Å². The summed E-state index contributed by atoms with van der Waals surface area (Å²) >= 11 is 6.11. The molecule has 3 heterocycles. The van der Waals surface area contributed by atoms with Gasteiger partial charge in [0.1, 0.15) is 6.54 Å². The minimum absolute atomic E-state index is 0.0781. The summed E-state index contributed by atoms with van der Waals surface area (Å²) in [6.45, 7) is 8.20. The minimum atomic E-state index is 0.0781. The molecule has 4 aromatic rings. The number of pyridine rings is 1. The highest BCUT2D eigenvalue weighted by molar-refractivity contribution is 6.30. The molecule has 34 heavy (non-hydrogen) atoms. The van der Waals surface area contributed by atoms with Crippen LogP contribution in [-0.4, -0.2) is 56.7 Å². The van der Waals surface area contributed by atoms with Gasteiger partial charge in [0, 0.05) is 49.3 Å². The quantitative estimate of drug-likeness (QED) is 0.421. The normalized spacial score (nSPS) is 14.6. The number of fused-ring (bicyclic) bond motifs is 1. The number of benzene rings is 2. The van der Waals surface area contributed by atoms with E-state index in [9.17, 15) is 4.79 Å². The molecular formula is C27H28ClN5O. The van der Waals surface area contributed by atoms with Crippen LogP contribution in [0.25, 0.3) is 22.2 Å². The van der Waals surface area contributed by atoms with Crippen molar-refractivity contribution in [3.63, 3.8) is 0 Å². The summed E-state index contributed by atoms with van der Waals surface area (Å²) < 4.78 is 1.75. The first-order valence-electron chi connectivity index (χ1n) is 11.6. The monoisotopic (exact) mass is 473 g/mol. The molecule has 6 nitrogen and oxygen atoms in total. The van der Waals surface area contributed by atoms with Gasteiger partial charge in [0.2, 0.25) is 5.91 Å². The third-order valence-electron chi connectivity index (χ3n) is 6.48. The van der Waals surface area contributed by atoms with Crippen molar-refractivity contribution in [2.45, 2.75) is 26.9 Å². The smallest absolute Gasteiger partial charge is 0.244 e. The number of piperazine rings is 1. The van der Waals surface area contributed by atoms with E-state index in [0.29, 0.717) is 13.1 Å². The maximum absolute atomic E-state index is 13.1. The van der Waals surface area contributed by atoms with Gasteiger partial charge in [-0.2, -0.15) is 5.10 Å². The number of rotatable bonds is 5. The first kappa shape index (κ1) is 22.6.